The molecule has 0 bridgehead atoms. The fourth-order valence-corrected chi connectivity index (χ4v) is 1.26. The summed E-state index contributed by atoms with van der Waals surface area (Å²) in [6.07, 6.45) is 1.63. The molecule has 0 aliphatic carbocycles. The highest BCUT2D eigenvalue weighted by Crippen LogP contribution is 2.21. The lowest BCUT2D eigenvalue weighted by molar-refractivity contribution is 0.476. The summed E-state index contributed by atoms with van der Waals surface area (Å²) >= 11 is 0. The minimum Gasteiger partial charge on any atom is -0.508 e. The molecule has 2 rings (SSSR count). The predicted molar refractivity (Wildman–Crippen MR) is 48.1 cm³/mol. The monoisotopic (exact) mass is 170 g/mol. The largest absolute Gasteiger partial charge is 0.508 e. The maximum Gasteiger partial charge on any atom is 0.119 e. The number of pyridine rings is 1. The zero-order valence-electron chi connectivity index (χ0n) is 6.73. The van der Waals surface area contributed by atoms with Gasteiger partial charge in [-0.2, -0.15) is 5.26 Å². The molecule has 62 valence electrons. The van der Waals surface area contributed by atoms with Crippen LogP contribution < -0.4 is 0 Å². The Morgan fingerprint density at radius 1 is 1.38 bits per heavy atom. The van der Waals surface area contributed by atoms with E-state index in [0.29, 0.717) is 11.1 Å². The quantitative estimate of drug-likeness (QED) is 0.656. The van der Waals surface area contributed by atoms with Crippen molar-refractivity contribution in [2.24, 2.45) is 0 Å². The van der Waals surface area contributed by atoms with Crippen molar-refractivity contribution in [2.75, 3.05) is 0 Å². The molecular formula is C10H6N2O. The van der Waals surface area contributed by atoms with Crippen LogP contribution >= 0.6 is 0 Å². The Balaban J connectivity index is 2.91. The van der Waals surface area contributed by atoms with E-state index < -0.39 is 0 Å². The second kappa shape index (κ2) is 2.76. The molecule has 0 fully saturated rings. The van der Waals surface area contributed by atoms with E-state index in [9.17, 15) is 5.11 Å². The summed E-state index contributed by atoms with van der Waals surface area (Å²) in [4.78, 5) is 4.04. The number of hydrogen-bond donors (Lipinski definition) is 1. The average Bonchev–Trinajstić information content (AvgIpc) is 2.16. The van der Waals surface area contributed by atoms with Gasteiger partial charge in [0.25, 0.3) is 0 Å². The van der Waals surface area contributed by atoms with Crippen LogP contribution in [0.15, 0.2) is 30.5 Å². The molecular weight excluding hydrogens is 164 g/mol. The first-order valence-electron chi connectivity index (χ1n) is 3.79. The fraction of sp³-hybridized carbons (Fsp3) is 0. The lowest BCUT2D eigenvalue weighted by Gasteiger charge is -1.99. The maximum absolute atomic E-state index is 9.25. The molecule has 3 heteroatoms. The molecule has 0 unspecified atom stereocenters. The second-order valence-electron chi connectivity index (χ2n) is 2.68. The van der Waals surface area contributed by atoms with E-state index in [1.54, 1.807) is 18.3 Å². The molecule has 0 amide bonds. The first-order valence-corrected chi connectivity index (χ1v) is 3.79. The minimum absolute atomic E-state index is 0.0720. The molecule has 0 aliphatic rings. The van der Waals surface area contributed by atoms with Gasteiger partial charge in [0.1, 0.15) is 5.75 Å². The molecule has 1 aromatic heterocycles. The van der Waals surface area contributed by atoms with Crippen LogP contribution in [0.2, 0.25) is 0 Å². The highest BCUT2D eigenvalue weighted by molar-refractivity contribution is 5.85. The van der Waals surface area contributed by atoms with Crippen molar-refractivity contribution in [3.05, 3.63) is 36.0 Å². The number of aromatic hydroxyl groups is 1. The third kappa shape index (κ3) is 1.18. The summed E-state index contributed by atoms with van der Waals surface area (Å²) in [7, 11) is 0. The van der Waals surface area contributed by atoms with Gasteiger partial charge in [0.2, 0.25) is 0 Å². The van der Waals surface area contributed by atoms with Crippen molar-refractivity contribution in [2.45, 2.75) is 0 Å². The van der Waals surface area contributed by atoms with Crippen LogP contribution in [0.5, 0.6) is 5.75 Å². The van der Waals surface area contributed by atoms with Crippen molar-refractivity contribution in [3.8, 4) is 11.8 Å². The van der Waals surface area contributed by atoms with Crippen LogP contribution in [-0.4, -0.2) is 10.1 Å². The first kappa shape index (κ1) is 7.56. The van der Waals surface area contributed by atoms with Gasteiger partial charge in [-0.25, -0.2) is 0 Å². The number of benzene rings is 1. The number of nitrogens with zero attached hydrogens (tertiary/aromatic N) is 2. The average molecular weight is 170 g/mol. The zero-order chi connectivity index (χ0) is 9.26. The summed E-state index contributed by atoms with van der Waals surface area (Å²) in [5.74, 6) is 0.0720. The standard InChI is InChI=1S/C10H6N2O/c11-6-7-4-8(13)5-10-9(7)2-1-3-12-10/h1-5,13H. The first-order chi connectivity index (χ1) is 6.31. The highest BCUT2D eigenvalue weighted by atomic mass is 16.3. The number of aromatic nitrogens is 1. The van der Waals surface area contributed by atoms with Gasteiger partial charge in [-0.15, -0.1) is 0 Å². The van der Waals surface area contributed by atoms with Crippen molar-refractivity contribution < 1.29 is 5.11 Å². The highest BCUT2D eigenvalue weighted by Gasteiger charge is 2.02. The summed E-state index contributed by atoms with van der Waals surface area (Å²) in [6.45, 7) is 0. The van der Waals surface area contributed by atoms with Gasteiger partial charge in [0.15, 0.2) is 0 Å². The Bertz CT molecular complexity index is 500. The van der Waals surface area contributed by atoms with E-state index in [-0.39, 0.29) is 5.75 Å². The van der Waals surface area contributed by atoms with Gasteiger partial charge in [0, 0.05) is 17.6 Å². The Kier molecular flexibility index (Phi) is 1.60. The van der Waals surface area contributed by atoms with E-state index in [2.05, 4.69) is 4.98 Å². The summed E-state index contributed by atoms with van der Waals surface area (Å²) in [6, 6.07) is 8.55. The molecule has 1 heterocycles. The molecule has 0 saturated heterocycles. The molecule has 0 spiro atoms. The van der Waals surface area contributed by atoms with E-state index in [0.717, 1.165) is 5.39 Å². The molecule has 0 atom stereocenters. The van der Waals surface area contributed by atoms with Crippen LogP contribution in [0.4, 0.5) is 0 Å². The molecule has 1 aromatic carbocycles. The SMILES string of the molecule is N#Cc1cc(O)cc2ncccc12. The maximum atomic E-state index is 9.25. The van der Waals surface area contributed by atoms with Gasteiger partial charge in [-0.05, 0) is 18.2 Å². The van der Waals surface area contributed by atoms with Gasteiger partial charge in [-0.3, -0.25) is 4.98 Å². The summed E-state index contributed by atoms with van der Waals surface area (Å²) in [5, 5.41) is 18.8. The van der Waals surface area contributed by atoms with E-state index in [1.807, 2.05) is 6.07 Å². The predicted octanol–water partition coefficient (Wildman–Crippen LogP) is 1.81. The van der Waals surface area contributed by atoms with Gasteiger partial charge in [-0.1, -0.05) is 0 Å². The van der Waals surface area contributed by atoms with Crippen molar-refractivity contribution in [1.82, 2.24) is 4.98 Å². The molecule has 0 radical (unpaired) electrons. The molecule has 3 nitrogen and oxygen atoms in total. The smallest absolute Gasteiger partial charge is 0.119 e. The second-order valence-corrected chi connectivity index (χ2v) is 2.68. The summed E-state index contributed by atoms with van der Waals surface area (Å²) in [5.41, 5.74) is 1.09. The number of phenols is 1. The van der Waals surface area contributed by atoms with Crippen molar-refractivity contribution in [3.63, 3.8) is 0 Å². The van der Waals surface area contributed by atoms with Gasteiger partial charge < -0.3 is 5.11 Å². The van der Waals surface area contributed by atoms with Crippen LogP contribution in [-0.2, 0) is 0 Å². The van der Waals surface area contributed by atoms with Crippen molar-refractivity contribution in [1.29, 1.82) is 5.26 Å². The van der Waals surface area contributed by atoms with Crippen LogP contribution in [0.25, 0.3) is 10.9 Å². The third-order valence-electron chi connectivity index (χ3n) is 1.83. The Labute approximate surface area is 74.9 Å². The molecule has 0 aliphatic heterocycles. The Morgan fingerprint density at radius 3 is 3.00 bits per heavy atom. The lowest BCUT2D eigenvalue weighted by atomic mass is 10.1. The molecule has 2 aromatic rings. The molecule has 13 heavy (non-hydrogen) atoms. The van der Waals surface area contributed by atoms with E-state index in [4.69, 9.17) is 5.26 Å². The normalized spacial score (nSPS) is 9.77. The van der Waals surface area contributed by atoms with Gasteiger partial charge >= 0.3 is 0 Å². The summed E-state index contributed by atoms with van der Waals surface area (Å²) < 4.78 is 0. The number of nitriles is 1. The number of fused-ring (bicyclic) bond motifs is 1. The van der Waals surface area contributed by atoms with E-state index >= 15 is 0 Å². The number of phenolic OH excluding ortho intramolecular Hbond substituents is 1. The van der Waals surface area contributed by atoms with Crippen LogP contribution in [0, 0.1) is 11.3 Å². The van der Waals surface area contributed by atoms with Gasteiger partial charge in [0.05, 0.1) is 17.1 Å². The van der Waals surface area contributed by atoms with Crippen LogP contribution in [0.1, 0.15) is 5.56 Å². The number of rotatable bonds is 0. The molecule has 0 saturated carbocycles. The lowest BCUT2D eigenvalue weighted by Crippen LogP contribution is -1.82. The number of hydrogen-bond acceptors (Lipinski definition) is 3. The van der Waals surface area contributed by atoms with Crippen LogP contribution in [0.3, 0.4) is 0 Å². The fourth-order valence-electron chi connectivity index (χ4n) is 1.26. The zero-order valence-corrected chi connectivity index (χ0v) is 6.73. The Morgan fingerprint density at radius 2 is 2.23 bits per heavy atom. The van der Waals surface area contributed by atoms with Crippen molar-refractivity contribution >= 4 is 10.9 Å². The third-order valence-corrected chi connectivity index (χ3v) is 1.83. The Hall–Kier alpha value is -2.08. The minimum atomic E-state index is 0.0720. The molecule has 1 N–H and O–H groups in total. The van der Waals surface area contributed by atoms with E-state index in [1.165, 1.54) is 12.1 Å². The topological polar surface area (TPSA) is 56.9 Å².